The van der Waals surface area contributed by atoms with Gasteiger partial charge in [-0.25, -0.2) is 0 Å². The van der Waals surface area contributed by atoms with Gasteiger partial charge in [0.25, 0.3) is 0 Å². The first-order chi connectivity index (χ1) is 6.72. The molecule has 5 heteroatoms. The van der Waals surface area contributed by atoms with E-state index in [4.69, 9.17) is 9.84 Å². The lowest BCUT2D eigenvalue weighted by Crippen LogP contribution is -2.01. The summed E-state index contributed by atoms with van der Waals surface area (Å²) in [7, 11) is 0. The number of rotatable bonds is 6. The van der Waals surface area contributed by atoms with Crippen LogP contribution in [0.3, 0.4) is 0 Å². The molecule has 1 aromatic rings. The van der Waals surface area contributed by atoms with Crippen LogP contribution in [-0.2, 0) is 11.3 Å². The van der Waals surface area contributed by atoms with Crippen LogP contribution >= 0.6 is 0 Å². The minimum atomic E-state index is -0.794. The van der Waals surface area contributed by atoms with E-state index in [-0.39, 0.29) is 6.42 Å². The highest BCUT2D eigenvalue weighted by molar-refractivity contribution is 5.66. The fourth-order valence-electron chi connectivity index (χ4n) is 1.01. The Labute approximate surface area is 82.3 Å². The number of ether oxygens (including phenoxy) is 1. The molecule has 78 valence electrons. The first kappa shape index (κ1) is 10.6. The highest BCUT2D eigenvalue weighted by Gasteiger charge is 1.99. The maximum atomic E-state index is 10.2. The molecule has 1 heterocycles. The van der Waals surface area contributed by atoms with Crippen molar-refractivity contribution in [3.63, 3.8) is 0 Å². The Balaban J connectivity index is 2.21. The van der Waals surface area contributed by atoms with Crippen molar-refractivity contribution in [2.24, 2.45) is 0 Å². The average Bonchev–Trinajstić information content (AvgIpc) is 2.60. The van der Waals surface area contributed by atoms with Crippen molar-refractivity contribution in [3.05, 3.63) is 12.4 Å². The van der Waals surface area contributed by atoms with Gasteiger partial charge in [0.2, 0.25) is 0 Å². The topological polar surface area (TPSA) is 64.3 Å². The molecule has 0 atom stereocenters. The lowest BCUT2D eigenvalue weighted by Gasteiger charge is -2.00. The van der Waals surface area contributed by atoms with Gasteiger partial charge in [-0.15, -0.1) is 0 Å². The quantitative estimate of drug-likeness (QED) is 0.696. The molecule has 5 nitrogen and oxygen atoms in total. The molecule has 0 spiro atoms. The SMILES string of the molecule is CCn1cc(OCCCC(=O)O)cn1. The molecule has 1 aromatic heterocycles. The van der Waals surface area contributed by atoms with Gasteiger partial charge in [0, 0.05) is 13.0 Å². The summed E-state index contributed by atoms with van der Waals surface area (Å²) >= 11 is 0. The average molecular weight is 198 g/mol. The first-order valence-corrected chi connectivity index (χ1v) is 4.59. The van der Waals surface area contributed by atoms with Crippen LogP contribution in [0.2, 0.25) is 0 Å². The molecule has 0 aromatic carbocycles. The normalized spacial score (nSPS) is 10.1. The zero-order valence-electron chi connectivity index (χ0n) is 8.14. The van der Waals surface area contributed by atoms with E-state index in [1.54, 1.807) is 17.1 Å². The van der Waals surface area contributed by atoms with Crippen molar-refractivity contribution in [1.29, 1.82) is 0 Å². The molecule has 0 radical (unpaired) electrons. The van der Waals surface area contributed by atoms with Crippen LogP contribution < -0.4 is 4.74 Å². The molecule has 0 saturated carbocycles. The number of carboxylic acids is 1. The van der Waals surface area contributed by atoms with Crippen molar-refractivity contribution in [3.8, 4) is 5.75 Å². The number of aromatic nitrogens is 2. The number of aryl methyl sites for hydroxylation is 1. The van der Waals surface area contributed by atoms with Gasteiger partial charge in [-0.2, -0.15) is 5.10 Å². The van der Waals surface area contributed by atoms with E-state index in [1.807, 2.05) is 6.92 Å². The monoisotopic (exact) mass is 198 g/mol. The summed E-state index contributed by atoms with van der Waals surface area (Å²) in [6.07, 6.45) is 4.08. The molecule has 0 aliphatic carbocycles. The Kier molecular flexibility index (Phi) is 3.97. The Morgan fingerprint density at radius 3 is 3.07 bits per heavy atom. The number of aliphatic carboxylic acids is 1. The van der Waals surface area contributed by atoms with Crippen LogP contribution in [0.4, 0.5) is 0 Å². The lowest BCUT2D eigenvalue weighted by molar-refractivity contribution is -0.137. The van der Waals surface area contributed by atoms with Gasteiger partial charge in [-0.05, 0) is 13.3 Å². The van der Waals surface area contributed by atoms with E-state index >= 15 is 0 Å². The molecule has 14 heavy (non-hydrogen) atoms. The van der Waals surface area contributed by atoms with Gasteiger partial charge in [0.05, 0.1) is 19.0 Å². The molecule has 0 unspecified atom stereocenters. The lowest BCUT2D eigenvalue weighted by atomic mass is 10.3. The first-order valence-electron chi connectivity index (χ1n) is 4.59. The van der Waals surface area contributed by atoms with Gasteiger partial charge in [-0.1, -0.05) is 0 Å². The molecular weight excluding hydrogens is 184 g/mol. The summed E-state index contributed by atoms with van der Waals surface area (Å²) in [5.41, 5.74) is 0. The second-order valence-corrected chi connectivity index (χ2v) is 2.88. The molecule has 0 aliphatic heterocycles. The summed E-state index contributed by atoms with van der Waals surface area (Å²) in [4.78, 5) is 10.2. The number of hydrogen-bond donors (Lipinski definition) is 1. The van der Waals surface area contributed by atoms with E-state index < -0.39 is 5.97 Å². The Morgan fingerprint density at radius 2 is 2.50 bits per heavy atom. The maximum Gasteiger partial charge on any atom is 0.303 e. The van der Waals surface area contributed by atoms with Gasteiger partial charge >= 0.3 is 5.97 Å². The van der Waals surface area contributed by atoms with Gasteiger partial charge in [0.15, 0.2) is 5.75 Å². The Morgan fingerprint density at radius 1 is 1.71 bits per heavy atom. The van der Waals surface area contributed by atoms with Crippen molar-refractivity contribution >= 4 is 5.97 Å². The zero-order chi connectivity index (χ0) is 10.4. The van der Waals surface area contributed by atoms with Crippen molar-refractivity contribution in [2.45, 2.75) is 26.3 Å². The predicted molar refractivity (Wildman–Crippen MR) is 50.3 cm³/mol. The van der Waals surface area contributed by atoms with Crippen molar-refractivity contribution in [2.75, 3.05) is 6.61 Å². The summed E-state index contributed by atoms with van der Waals surface area (Å²) < 4.78 is 7.05. The van der Waals surface area contributed by atoms with Crippen molar-refractivity contribution < 1.29 is 14.6 Å². The molecule has 0 fully saturated rings. The van der Waals surface area contributed by atoms with E-state index in [0.717, 1.165) is 6.54 Å². The third-order valence-electron chi connectivity index (χ3n) is 1.74. The van der Waals surface area contributed by atoms with Crippen LogP contribution in [0, 0.1) is 0 Å². The largest absolute Gasteiger partial charge is 0.490 e. The standard InChI is InChI=1S/C9H14N2O3/c1-2-11-7-8(6-10-11)14-5-3-4-9(12)13/h6-7H,2-5H2,1H3,(H,12,13). The molecule has 0 amide bonds. The predicted octanol–water partition coefficient (Wildman–Crippen LogP) is 1.15. The summed E-state index contributed by atoms with van der Waals surface area (Å²) in [6, 6.07) is 0. The number of hydrogen-bond acceptors (Lipinski definition) is 3. The van der Waals surface area contributed by atoms with Gasteiger partial charge < -0.3 is 9.84 Å². The molecule has 0 saturated heterocycles. The van der Waals surface area contributed by atoms with Crippen molar-refractivity contribution in [1.82, 2.24) is 9.78 Å². The summed E-state index contributed by atoms with van der Waals surface area (Å²) in [5, 5.41) is 12.4. The van der Waals surface area contributed by atoms with Gasteiger partial charge in [-0.3, -0.25) is 9.48 Å². The number of carboxylic acid groups (broad SMARTS) is 1. The van der Waals surface area contributed by atoms with E-state index in [9.17, 15) is 4.79 Å². The highest BCUT2D eigenvalue weighted by atomic mass is 16.5. The third-order valence-corrected chi connectivity index (χ3v) is 1.74. The second-order valence-electron chi connectivity index (χ2n) is 2.88. The summed E-state index contributed by atoms with van der Waals surface area (Å²) in [6.45, 7) is 3.21. The van der Waals surface area contributed by atoms with E-state index in [2.05, 4.69) is 5.10 Å². The number of nitrogens with zero attached hydrogens (tertiary/aromatic N) is 2. The van der Waals surface area contributed by atoms with E-state index in [0.29, 0.717) is 18.8 Å². The second kappa shape index (κ2) is 5.26. The smallest absolute Gasteiger partial charge is 0.303 e. The van der Waals surface area contributed by atoms with Gasteiger partial charge in [0.1, 0.15) is 0 Å². The third kappa shape index (κ3) is 3.47. The fourth-order valence-corrected chi connectivity index (χ4v) is 1.01. The highest BCUT2D eigenvalue weighted by Crippen LogP contribution is 2.08. The molecule has 0 aliphatic rings. The number of carbonyl (C=O) groups is 1. The zero-order valence-corrected chi connectivity index (χ0v) is 8.14. The minimum Gasteiger partial charge on any atom is -0.490 e. The Hall–Kier alpha value is -1.52. The molecule has 1 rings (SSSR count). The molecule has 0 bridgehead atoms. The Bertz CT molecular complexity index is 296. The van der Waals surface area contributed by atoms with Crippen LogP contribution in [0.1, 0.15) is 19.8 Å². The maximum absolute atomic E-state index is 10.2. The van der Waals surface area contributed by atoms with Crippen LogP contribution in [-0.4, -0.2) is 27.5 Å². The fraction of sp³-hybridized carbons (Fsp3) is 0.556. The minimum absolute atomic E-state index is 0.141. The van der Waals surface area contributed by atoms with Crippen LogP contribution in [0.25, 0.3) is 0 Å². The van der Waals surface area contributed by atoms with Crippen LogP contribution in [0.5, 0.6) is 5.75 Å². The molecule has 1 N–H and O–H groups in total. The molecular formula is C9H14N2O3. The van der Waals surface area contributed by atoms with E-state index in [1.165, 1.54) is 0 Å². The summed E-state index contributed by atoms with van der Waals surface area (Å²) in [5.74, 6) is -0.102. The van der Waals surface area contributed by atoms with Crippen LogP contribution in [0.15, 0.2) is 12.4 Å².